The van der Waals surface area contributed by atoms with E-state index in [0.29, 0.717) is 0 Å². The predicted octanol–water partition coefficient (Wildman–Crippen LogP) is -2.27. The first-order valence-electron chi connectivity index (χ1n) is 4.39. The fourth-order valence-electron chi connectivity index (χ4n) is 0.300. The van der Waals surface area contributed by atoms with E-state index in [9.17, 15) is 0 Å². The summed E-state index contributed by atoms with van der Waals surface area (Å²) in [5, 5.41) is 23.6. The number of nitrogens with zero attached hydrogens (tertiary/aromatic N) is 1. The summed E-state index contributed by atoms with van der Waals surface area (Å²) < 4.78 is 9.73. The molecule has 0 aliphatic heterocycles. The summed E-state index contributed by atoms with van der Waals surface area (Å²) in [5.74, 6) is 0. The van der Waals surface area contributed by atoms with Gasteiger partial charge in [-0.25, -0.2) is 4.57 Å². The first kappa shape index (κ1) is 21.3. The van der Waals surface area contributed by atoms with Crippen molar-refractivity contribution in [1.29, 1.82) is 0 Å². The Balaban J connectivity index is -0.000000166. The van der Waals surface area contributed by atoms with E-state index in [2.05, 4.69) is 21.1 Å². The second kappa shape index (κ2) is 11.4. The van der Waals surface area contributed by atoms with Gasteiger partial charge in [-0.15, -0.1) is 0 Å². The molecule has 0 aliphatic rings. The van der Waals surface area contributed by atoms with Crippen molar-refractivity contribution in [2.24, 2.45) is 0 Å². The van der Waals surface area contributed by atoms with Crippen LogP contribution in [0.15, 0.2) is 0 Å². The van der Waals surface area contributed by atoms with E-state index in [1.165, 1.54) is 0 Å². The summed E-state index contributed by atoms with van der Waals surface area (Å²) in [6.45, 7) is 0.865. The van der Waals surface area contributed by atoms with E-state index < -0.39 is 7.82 Å². The molecule has 16 heavy (non-hydrogen) atoms. The molecule has 0 saturated heterocycles. The highest BCUT2D eigenvalue weighted by Crippen LogP contribution is 2.25. The first-order chi connectivity index (χ1) is 6.97. The fraction of sp³-hybridized carbons (Fsp3) is 1.00. The maximum absolute atomic E-state index is 8.88. The van der Waals surface area contributed by atoms with Gasteiger partial charge in [0.2, 0.25) is 0 Å². The molecule has 0 fully saturated rings. The predicted molar refractivity (Wildman–Crippen MR) is 58.4 cm³/mol. The molecule has 0 unspecified atom stereocenters. The molecule has 0 aromatic heterocycles. The summed E-state index contributed by atoms with van der Waals surface area (Å²) >= 11 is 0. The highest BCUT2D eigenvalue weighted by atomic mass is 31.2. The van der Waals surface area contributed by atoms with Gasteiger partial charge in [0, 0.05) is 0 Å². The van der Waals surface area contributed by atoms with Crippen LogP contribution >= 0.6 is 7.82 Å². The fourth-order valence-corrected chi connectivity index (χ4v) is 0.300. The van der Waals surface area contributed by atoms with Crippen molar-refractivity contribution in [3.8, 4) is 0 Å². The van der Waals surface area contributed by atoms with Crippen LogP contribution in [0.25, 0.3) is 0 Å². The molecule has 0 amide bonds. The Bertz CT molecular complexity index is 166. The van der Waals surface area contributed by atoms with Crippen molar-refractivity contribution in [3.05, 3.63) is 0 Å². The lowest BCUT2D eigenvalue weighted by Gasteiger charge is -2.21. The second-order valence-corrected chi connectivity index (χ2v) is 4.72. The Morgan fingerprint density at radius 2 is 1.12 bits per heavy atom. The highest BCUT2D eigenvalue weighted by molar-refractivity contribution is 7.45. The van der Waals surface area contributed by atoms with Crippen LogP contribution in [-0.4, -0.2) is 82.0 Å². The Morgan fingerprint density at radius 3 is 1.12 bits per heavy atom. The lowest BCUT2D eigenvalue weighted by Crippen LogP contribution is -2.36. The van der Waals surface area contributed by atoms with E-state index >= 15 is 0 Å². The molecule has 0 aromatic rings. The summed E-state index contributed by atoms with van der Waals surface area (Å²) in [6, 6.07) is 0. The maximum atomic E-state index is 8.88. The minimum absolute atomic E-state index is 0.125. The summed E-state index contributed by atoms with van der Waals surface area (Å²) in [5.41, 5.74) is 0. The molecule has 0 aromatic carbocycles. The van der Waals surface area contributed by atoms with Gasteiger partial charge in [-0.05, 0) is 0 Å². The molecule has 6 N–H and O–H groups in total. The lowest BCUT2D eigenvalue weighted by atomic mass is 10.5. The molecular weight excluding hydrogens is 241 g/mol. The van der Waals surface area contributed by atoms with Crippen molar-refractivity contribution in [2.45, 2.75) is 0 Å². The van der Waals surface area contributed by atoms with Crippen LogP contribution in [0.2, 0.25) is 0 Å². The number of likely N-dealkylation sites (N-methyl/N-ethyl adjacent to an activating group) is 1. The van der Waals surface area contributed by atoms with Gasteiger partial charge in [-0.1, -0.05) is 0 Å². The SMILES string of the molecule is C[N+](C)(C)CCO.O=P(O)(O)O.OCCO. The third-order valence-electron chi connectivity index (χ3n) is 0.871. The number of aliphatic hydroxyl groups is 3. The van der Waals surface area contributed by atoms with Crippen LogP contribution in [0.5, 0.6) is 0 Å². The van der Waals surface area contributed by atoms with Crippen molar-refractivity contribution < 1.29 is 39.0 Å². The van der Waals surface area contributed by atoms with Crippen molar-refractivity contribution in [2.75, 3.05) is 47.5 Å². The number of quaternary nitrogens is 1. The Kier molecular flexibility index (Phi) is 15.2. The topological polar surface area (TPSA) is 138 Å². The molecule has 0 heterocycles. The first-order valence-corrected chi connectivity index (χ1v) is 5.95. The van der Waals surface area contributed by atoms with E-state index in [-0.39, 0.29) is 19.8 Å². The quantitative estimate of drug-likeness (QED) is 0.249. The van der Waals surface area contributed by atoms with Crippen LogP contribution in [0, 0.1) is 0 Å². The van der Waals surface area contributed by atoms with Crippen LogP contribution in [-0.2, 0) is 4.57 Å². The van der Waals surface area contributed by atoms with E-state index in [4.69, 9.17) is 34.6 Å². The van der Waals surface area contributed by atoms with Gasteiger partial charge in [0.25, 0.3) is 0 Å². The minimum atomic E-state index is -4.64. The van der Waals surface area contributed by atoms with Crippen molar-refractivity contribution in [1.82, 2.24) is 0 Å². The Morgan fingerprint density at radius 1 is 0.875 bits per heavy atom. The van der Waals surface area contributed by atoms with E-state index in [1.54, 1.807) is 0 Å². The van der Waals surface area contributed by atoms with Crippen LogP contribution in [0.1, 0.15) is 0 Å². The van der Waals surface area contributed by atoms with Gasteiger partial charge in [-0.3, -0.25) is 0 Å². The molecule has 0 saturated carbocycles. The molecule has 0 radical (unpaired) electrons. The van der Waals surface area contributed by atoms with Gasteiger partial charge in [-0.2, -0.15) is 0 Å². The Hall–Kier alpha value is -0.0500. The monoisotopic (exact) mass is 264 g/mol. The zero-order valence-electron chi connectivity index (χ0n) is 9.81. The van der Waals surface area contributed by atoms with Crippen LogP contribution in [0.4, 0.5) is 0 Å². The van der Waals surface area contributed by atoms with E-state index in [0.717, 1.165) is 11.0 Å². The van der Waals surface area contributed by atoms with Gasteiger partial charge >= 0.3 is 7.82 Å². The third-order valence-corrected chi connectivity index (χ3v) is 0.871. The van der Waals surface area contributed by atoms with Crippen molar-refractivity contribution in [3.63, 3.8) is 0 Å². The normalized spacial score (nSPS) is 10.8. The standard InChI is InChI=1S/C5H14NO.C2H6O2.H3O4P/c1-6(2,3)4-5-7;3-1-2-4;1-5(2,3)4/h7H,4-5H2,1-3H3;3-4H,1-2H2;(H3,1,2,3,4)/q+1;;. The average molecular weight is 264 g/mol. The zero-order valence-corrected chi connectivity index (χ0v) is 10.7. The highest BCUT2D eigenvalue weighted by Gasteiger charge is 2.02. The molecule has 8 nitrogen and oxygen atoms in total. The number of hydrogen-bond donors (Lipinski definition) is 6. The minimum Gasteiger partial charge on any atom is -0.394 e. The maximum Gasteiger partial charge on any atom is 0.466 e. The Labute approximate surface area is 95.2 Å². The smallest absolute Gasteiger partial charge is 0.394 e. The number of hydrogen-bond acceptors (Lipinski definition) is 4. The largest absolute Gasteiger partial charge is 0.466 e. The molecule has 0 spiro atoms. The molecule has 0 atom stereocenters. The van der Waals surface area contributed by atoms with Gasteiger partial charge in [0.1, 0.15) is 6.54 Å². The van der Waals surface area contributed by atoms with Crippen LogP contribution < -0.4 is 0 Å². The molecular formula is C7H23NO7P+. The van der Waals surface area contributed by atoms with Gasteiger partial charge in [0.15, 0.2) is 0 Å². The van der Waals surface area contributed by atoms with Gasteiger partial charge < -0.3 is 34.5 Å². The van der Waals surface area contributed by atoms with Crippen molar-refractivity contribution >= 4 is 7.82 Å². The van der Waals surface area contributed by atoms with Crippen LogP contribution in [0.3, 0.4) is 0 Å². The third kappa shape index (κ3) is 95.5. The molecule has 102 valence electrons. The number of phosphoric acid groups is 1. The molecule has 0 aliphatic carbocycles. The molecule has 0 bridgehead atoms. The van der Waals surface area contributed by atoms with Gasteiger partial charge in [0.05, 0.1) is 41.0 Å². The number of rotatable bonds is 3. The average Bonchev–Trinajstić information content (AvgIpc) is 1.99. The second-order valence-electron chi connectivity index (χ2n) is 3.70. The number of aliphatic hydroxyl groups excluding tert-OH is 3. The summed E-state index contributed by atoms with van der Waals surface area (Å²) in [7, 11) is 1.52. The van der Waals surface area contributed by atoms with E-state index in [1.807, 2.05) is 0 Å². The summed E-state index contributed by atoms with van der Waals surface area (Å²) in [4.78, 5) is 21.6. The molecule has 0 rings (SSSR count). The molecule has 9 heteroatoms. The summed E-state index contributed by atoms with van der Waals surface area (Å²) in [6.07, 6.45) is 0. The lowest BCUT2D eigenvalue weighted by molar-refractivity contribution is -0.870. The zero-order chi connectivity index (χ0) is 13.8.